The maximum atomic E-state index is 14.3. The summed E-state index contributed by atoms with van der Waals surface area (Å²) in [6, 6.07) is 2.73. The Bertz CT molecular complexity index is 562. The zero-order chi connectivity index (χ0) is 15.3. The number of hydrogen-bond acceptors (Lipinski definition) is 3. The molecule has 0 saturated carbocycles. The van der Waals surface area contributed by atoms with Gasteiger partial charge in [-0.2, -0.15) is 0 Å². The molecule has 1 aromatic rings. The molecule has 0 aliphatic rings. The summed E-state index contributed by atoms with van der Waals surface area (Å²) in [4.78, 5) is -0.404. The molecule has 0 fully saturated rings. The molecule has 0 atom stereocenters. The van der Waals surface area contributed by atoms with Gasteiger partial charge >= 0.3 is 0 Å². The van der Waals surface area contributed by atoms with Crippen LogP contribution in [0, 0.1) is 5.82 Å². The third-order valence-electron chi connectivity index (χ3n) is 2.61. The maximum absolute atomic E-state index is 14.3. The van der Waals surface area contributed by atoms with Gasteiger partial charge in [-0.1, -0.05) is 32.4 Å². The minimum Gasteiger partial charge on any atom is -0.310 e. The van der Waals surface area contributed by atoms with Crippen molar-refractivity contribution >= 4 is 21.6 Å². The summed E-state index contributed by atoms with van der Waals surface area (Å²) in [5.41, 5.74) is 0.239. The quantitative estimate of drug-likeness (QED) is 0.811. The van der Waals surface area contributed by atoms with E-state index in [1.807, 2.05) is 20.8 Å². The fourth-order valence-corrected chi connectivity index (χ4v) is 3.15. The molecule has 0 radical (unpaired) electrons. The Kier molecular flexibility index (Phi) is 6.39. The first-order valence-corrected chi connectivity index (χ1v) is 8.35. The number of sulfonamides is 1. The summed E-state index contributed by atoms with van der Waals surface area (Å²) in [7, 11) is -3.87. The van der Waals surface area contributed by atoms with E-state index in [-0.39, 0.29) is 29.7 Å². The van der Waals surface area contributed by atoms with Crippen LogP contribution in [0.2, 0.25) is 5.02 Å². The van der Waals surface area contributed by atoms with Gasteiger partial charge in [0.1, 0.15) is 10.7 Å². The van der Waals surface area contributed by atoms with Crippen molar-refractivity contribution in [2.24, 2.45) is 0 Å². The van der Waals surface area contributed by atoms with Crippen molar-refractivity contribution in [3.8, 4) is 0 Å². The molecule has 7 heteroatoms. The van der Waals surface area contributed by atoms with Crippen LogP contribution in [-0.2, 0) is 16.6 Å². The van der Waals surface area contributed by atoms with Gasteiger partial charge in [0.05, 0.1) is 0 Å². The van der Waals surface area contributed by atoms with Gasteiger partial charge in [0.15, 0.2) is 0 Å². The second-order valence-electron chi connectivity index (χ2n) is 4.81. The van der Waals surface area contributed by atoms with Gasteiger partial charge in [-0.15, -0.1) is 0 Å². The number of halogens is 2. The highest BCUT2D eigenvalue weighted by atomic mass is 35.5. The van der Waals surface area contributed by atoms with Gasteiger partial charge in [0.25, 0.3) is 0 Å². The largest absolute Gasteiger partial charge is 0.310 e. The second kappa shape index (κ2) is 7.36. The number of hydrogen-bond donors (Lipinski definition) is 2. The van der Waals surface area contributed by atoms with Crippen molar-refractivity contribution in [1.82, 2.24) is 10.0 Å². The van der Waals surface area contributed by atoms with Crippen molar-refractivity contribution in [1.29, 1.82) is 0 Å². The van der Waals surface area contributed by atoms with E-state index in [0.29, 0.717) is 6.42 Å². The molecule has 0 unspecified atom stereocenters. The third kappa shape index (κ3) is 4.70. The van der Waals surface area contributed by atoms with Crippen molar-refractivity contribution in [2.45, 2.75) is 44.7 Å². The minimum absolute atomic E-state index is 0.159. The lowest BCUT2D eigenvalue weighted by molar-refractivity contribution is 0.528. The van der Waals surface area contributed by atoms with Crippen molar-refractivity contribution in [3.05, 3.63) is 28.5 Å². The zero-order valence-corrected chi connectivity index (χ0v) is 13.4. The first-order chi connectivity index (χ1) is 9.27. The predicted octanol–water partition coefficient (Wildman–Crippen LogP) is 2.67. The summed E-state index contributed by atoms with van der Waals surface area (Å²) in [6.07, 6.45) is 0.628. The van der Waals surface area contributed by atoms with E-state index in [2.05, 4.69) is 10.0 Å². The van der Waals surface area contributed by atoms with E-state index in [1.54, 1.807) is 0 Å². The Morgan fingerprint density at radius 2 is 2.00 bits per heavy atom. The molecule has 4 nitrogen and oxygen atoms in total. The van der Waals surface area contributed by atoms with Crippen LogP contribution in [0.4, 0.5) is 4.39 Å². The first-order valence-electron chi connectivity index (χ1n) is 6.49. The van der Waals surface area contributed by atoms with E-state index < -0.39 is 20.7 Å². The highest BCUT2D eigenvalue weighted by Gasteiger charge is 2.22. The molecule has 0 aliphatic heterocycles. The van der Waals surface area contributed by atoms with Gasteiger partial charge < -0.3 is 5.32 Å². The molecule has 0 aromatic heterocycles. The average Bonchev–Trinajstić information content (AvgIpc) is 2.36. The number of nitrogens with one attached hydrogen (secondary N) is 2. The van der Waals surface area contributed by atoms with E-state index in [4.69, 9.17) is 11.6 Å². The number of benzene rings is 1. The molecule has 0 amide bonds. The first kappa shape index (κ1) is 17.4. The molecular weight excluding hydrogens is 303 g/mol. The van der Waals surface area contributed by atoms with Crippen LogP contribution in [0.5, 0.6) is 0 Å². The zero-order valence-electron chi connectivity index (χ0n) is 11.8. The van der Waals surface area contributed by atoms with E-state index in [1.165, 1.54) is 6.07 Å². The lowest BCUT2D eigenvalue weighted by atomic mass is 10.2. The Balaban J connectivity index is 3.14. The van der Waals surface area contributed by atoms with Crippen LogP contribution in [-0.4, -0.2) is 21.0 Å². The van der Waals surface area contributed by atoms with Gasteiger partial charge in [0, 0.05) is 29.7 Å². The summed E-state index contributed by atoms with van der Waals surface area (Å²) >= 11 is 5.89. The standard InChI is InChI=1S/C13H20ClFN2O2S/c1-4-5-17-20(18,19)12-7-11(14)6-10(13(12)15)8-16-9(2)3/h6-7,9,16-17H,4-5,8H2,1-3H3. The monoisotopic (exact) mass is 322 g/mol. The minimum atomic E-state index is -3.87. The average molecular weight is 323 g/mol. The third-order valence-corrected chi connectivity index (χ3v) is 4.29. The van der Waals surface area contributed by atoms with E-state index >= 15 is 0 Å². The second-order valence-corrected chi connectivity index (χ2v) is 6.98. The van der Waals surface area contributed by atoms with E-state index in [0.717, 1.165) is 6.07 Å². The van der Waals surface area contributed by atoms with Crippen LogP contribution in [0.15, 0.2) is 17.0 Å². The van der Waals surface area contributed by atoms with Crippen molar-refractivity contribution in [2.75, 3.05) is 6.54 Å². The Labute approximate surface area is 124 Å². The molecule has 1 rings (SSSR count). The number of rotatable bonds is 7. The predicted molar refractivity (Wildman–Crippen MR) is 78.9 cm³/mol. The molecule has 114 valence electrons. The summed E-state index contributed by atoms with van der Waals surface area (Å²) in [6.45, 7) is 6.15. The lowest BCUT2D eigenvalue weighted by Crippen LogP contribution is -2.27. The molecule has 0 heterocycles. The fourth-order valence-electron chi connectivity index (χ4n) is 1.57. The summed E-state index contributed by atoms with van der Waals surface area (Å²) < 4.78 is 40.7. The van der Waals surface area contributed by atoms with Gasteiger partial charge in [-0.3, -0.25) is 0 Å². The van der Waals surface area contributed by atoms with Crippen LogP contribution in [0.3, 0.4) is 0 Å². The highest BCUT2D eigenvalue weighted by molar-refractivity contribution is 7.89. The molecule has 0 bridgehead atoms. The van der Waals surface area contributed by atoms with Crippen LogP contribution in [0.1, 0.15) is 32.8 Å². The Morgan fingerprint density at radius 1 is 1.35 bits per heavy atom. The normalized spacial score (nSPS) is 12.1. The van der Waals surface area contributed by atoms with E-state index in [9.17, 15) is 12.8 Å². The molecule has 0 spiro atoms. The van der Waals surface area contributed by atoms with Gasteiger partial charge in [-0.05, 0) is 18.6 Å². The molecule has 0 aliphatic carbocycles. The highest BCUT2D eigenvalue weighted by Crippen LogP contribution is 2.23. The fraction of sp³-hybridized carbons (Fsp3) is 0.538. The Morgan fingerprint density at radius 3 is 2.55 bits per heavy atom. The van der Waals surface area contributed by atoms with Crippen molar-refractivity contribution < 1.29 is 12.8 Å². The maximum Gasteiger partial charge on any atom is 0.243 e. The lowest BCUT2D eigenvalue weighted by Gasteiger charge is -2.13. The summed E-state index contributed by atoms with van der Waals surface area (Å²) in [5.74, 6) is -0.758. The van der Waals surface area contributed by atoms with Crippen molar-refractivity contribution in [3.63, 3.8) is 0 Å². The topological polar surface area (TPSA) is 58.2 Å². The van der Waals surface area contributed by atoms with Crippen LogP contribution in [0.25, 0.3) is 0 Å². The van der Waals surface area contributed by atoms with Crippen LogP contribution < -0.4 is 10.0 Å². The van der Waals surface area contributed by atoms with Gasteiger partial charge in [0.2, 0.25) is 10.0 Å². The van der Waals surface area contributed by atoms with Gasteiger partial charge in [-0.25, -0.2) is 17.5 Å². The molecule has 2 N–H and O–H groups in total. The SMILES string of the molecule is CCCNS(=O)(=O)c1cc(Cl)cc(CNC(C)C)c1F. The molecular formula is C13H20ClFN2O2S. The Hall–Kier alpha value is -0.690. The molecule has 0 saturated heterocycles. The van der Waals surface area contributed by atoms with Crippen LogP contribution >= 0.6 is 11.6 Å². The summed E-state index contributed by atoms with van der Waals surface area (Å²) in [5, 5.41) is 3.24. The smallest absolute Gasteiger partial charge is 0.243 e. The molecule has 20 heavy (non-hydrogen) atoms. The molecule has 1 aromatic carbocycles.